The molecule has 4 rings (SSSR count). The average Bonchev–Trinajstić information content (AvgIpc) is 3.16. The summed E-state index contributed by atoms with van der Waals surface area (Å²) in [6, 6.07) is 20.2. The Kier molecular flexibility index (Phi) is 6.52. The third-order valence-corrected chi connectivity index (χ3v) is 5.93. The topological polar surface area (TPSA) is 52.6 Å². The van der Waals surface area contributed by atoms with Crippen LogP contribution in [0.25, 0.3) is 11.1 Å². The summed E-state index contributed by atoms with van der Waals surface area (Å²) in [6.45, 7) is 3.25. The molecule has 0 aliphatic heterocycles. The van der Waals surface area contributed by atoms with E-state index in [1.54, 1.807) is 68.4 Å². The monoisotopic (exact) mass is 480 g/mol. The number of ether oxygens (including phenoxy) is 2. The van der Waals surface area contributed by atoms with Crippen molar-refractivity contribution in [3.8, 4) is 0 Å². The Bertz CT molecular complexity index is 1270. The van der Waals surface area contributed by atoms with Crippen LogP contribution in [0.3, 0.4) is 0 Å². The van der Waals surface area contributed by atoms with Crippen LogP contribution in [0.1, 0.15) is 41.7 Å². The number of esters is 2. The molecule has 0 spiro atoms. The Hall–Kier alpha value is -3.87. The highest BCUT2D eigenvalue weighted by molar-refractivity contribution is 6.27. The predicted molar refractivity (Wildman–Crippen MR) is 125 cm³/mol. The minimum Gasteiger partial charge on any atom is -0.465 e. The zero-order valence-electron chi connectivity index (χ0n) is 19.2. The highest BCUT2D eigenvalue weighted by Crippen LogP contribution is 2.55. The molecular weight excluding hydrogens is 457 g/mol. The summed E-state index contributed by atoms with van der Waals surface area (Å²) in [5.74, 6) is -1.68. The molecule has 1 aliphatic rings. The molecule has 0 amide bonds. The fourth-order valence-corrected chi connectivity index (χ4v) is 4.59. The molecule has 0 fully saturated rings. The van der Waals surface area contributed by atoms with Gasteiger partial charge in [-0.25, -0.2) is 0 Å². The highest BCUT2D eigenvalue weighted by atomic mass is 19.4. The number of carbonyl (C=O) groups excluding carboxylic acids is 2. The molecule has 35 heavy (non-hydrogen) atoms. The van der Waals surface area contributed by atoms with E-state index in [-0.39, 0.29) is 24.4 Å². The lowest BCUT2D eigenvalue weighted by molar-refractivity contribution is -0.161. The minimum absolute atomic E-state index is 0.00309. The second kappa shape index (κ2) is 9.41. The lowest BCUT2D eigenvalue weighted by Gasteiger charge is -2.29. The van der Waals surface area contributed by atoms with E-state index < -0.39 is 29.1 Å². The standard InChI is InChI=1S/C28H23F3O4/c1-3-34-25(32)27(26(33)35-4-2)22-16-9-8-15-21(22)23(24(27)18-11-6-5-7-12-18)19-13-10-14-20(17-19)28(29,30)31/h5-17H,3-4H2,1-2H3. The molecule has 0 saturated heterocycles. The number of fused-ring (bicyclic) bond motifs is 1. The van der Waals surface area contributed by atoms with Crippen LogP contribution in [0.5, 0.6) is 0 Å². The van der Waals surface area contributed by atoms with E-state index in [4.69, 9.17) is 9.47 Å². The molecule has 0 N–H and O–H groups in total. The smallest absolute Gasteiger partial charge is 0.416 e. The Morgan fingerprint density at radius 3 is 1.94 bits per heavy atom. The van der Waals surface area contributed by atoms with Gasteiger partial charge >= 0.3 is 18.1 Å². The first-order valence-corrected chi connectivity index (χ1v) is 11.2. The van der Waals surface area contributed by atoms with Gasteiger partial charge in [-0.05, 0) is 53.8 Å². The van der Waals surface area contributed by atoms with Crippen molar-refractivity contribution in [2.75, 3.05) is 13.2 Å². The first-order chi connectivity index (χ1) is 16.8. The van der Waals surface area contributed by atoms with Crippen molar-refractivity contribution in [3.63, 3.8) is 0 Å². The molecule has 0 unspecified atom stereocenters. The zero-order chi connectivity index (χ0) is 25.2. The van der Waals surface area contributed by atoms with Gasteiger partial charge in [-0.1, -0.05) is 66.7 Å². The first-order valence-electron chi connectivity index (χ1n) is 11.2. The third kappa shape index (κ3) is 4.01. The molecule has 0 saturated carbocycles. The van der Waals surface area contributed by atoms with Gasteiger partial charge < -0.3 is 9.47 Å². The molecular formula is C28H23F3O4. The van der Waals surface area contributed by atoms with Gasteiger partial charge in [0.05, 0.1) is 18.8 Å². The third-order valence-electron chi connectivity index (χ3n) is 5.93. The summed E-state index contributed by atoms with van der Waals surface area (Å²) in [4.78, 5) is 27.4. The average molecular weight is 480 g/mol. The van der Waals surface area contributed by atoms with Gasteiger partial charge in [-0.15, -0.1) is 0 Å². The number of hydrogen-bond donors (Lipinski definition) is 0. The molecule has 0 radical (unpaired) electrons. The Morgan fingerprint density at radius 2 is 1.34 bits per heavy atom. The largest absolute Gasteiger partial charge is 0.465 e. The summed E-state index contributed by atoms with van der Waals surface area (Å²) in [5.41, 5.74) is -0.770. The van der Waals surface area contributed by atoms with E-state index in [0.29, 0.717) is 22.3 Å². The molecule has 180 valence electrons. The molecule has 0 aromatic heterocycles. The van der Waals surface area contributed by atoms with Crippen molar-refractivity contribution < 1.29 is 32.2 Å². The number of hydrogen-bond acceptors (Lipinski definition) is 4. The Labute approximate surface area is 201 Å². The molecule has 0 heterocycles. The van der Waals surface area contributed by atoms with Gasteiger partial charge in [0.2, 0.25) is 5.41 Å². The minimum atomic E-state index is -4.57. The van der Waals surface area contributed by atoms with Gasteiger partial charge in [0.15, 0.2) is 0 Å². The zero-order valence-corrected chi connectivity index (χ0v) is 19.2. The second-order valence-electron chi connectivity index (χ2n) is 7.93. The van der Waals surface area contributed by atoms with E-state index in [1.807, 2.05) is 0 Å². The molecule has 3 aromatic rings. The van der Waals surface area contributed by atoms with Crippen LogP contribution < -0.4 is 0 Å². The summed E-state index contributed by atoms with van der Waals surface area (Å²) < 4.78 is 51.7. The van der Waals surface area contributed by atoms with Crippen LogP contribution in [0, 0.1) is 0 Å². The first kappa shape index (κ1) is 24.3. The SMILES string of the molecule is CCOC(=O)C1(C(=O)OCC)C(c2ccccc2)=C(c2cccc(C(F)(F)F)c2)c2ccccc21. The van der Waals surface area contributed by atoms with Crippen LogP contribution in [0.2, 0.25) is 0 Å². The number of halogens is 3. The van der Waals surface area contributed by atoms with Crippen molar-refractivity contribution >= 4 is 23.1 Å². The van der Waals surface area contributed by atoms with Crippen molar-refractivity contribution in [2.24, 2.45) is 0 Å². The van der Waals surface area contributed by atoms with E-state index in [1.165, 1.54) is 12.1 Å². The van der Waals surface area contributed by atoms with Crippen LogP contribution in [-0.2, 0) is 30.7 Å². The summed E-state index contributed by atoms with van der Waals surface area (Å²) >= 11 is 0. The Morgan fingerprint density at radius 1 is 0.771 bits per heavy atom. The predicted octanol–water partition coefficient (Wildman–Crippen LogP) is 6.04. The van der Waals surface area contributed by atoms with Gasteiger partial charge in [0, 0.05) is 5.57 Å². The van der Waals surface area contributed by atoms with Crippen LogP contribution >= 0.6 is 0 Å². The number of carbonyl (C=O) groups is 2. The summed E-state index contributed by atoms with van der Waals surface area (Å²) in [6.07, 6.45) is -4.57. The summed E-state index contributed by atoms with van der Waals surface area (Å²) in [7, 11) is 0. The number of benzene rings is 3. The molecule has 3 aromatic carbocycles. The number of rotatable bonds is 6. The quantitative estimate of drug-likeness (QED) is 0.319. The highest BCUT2D eigenvalue weighted by Gasteiger charge is 2.59. The van der Waals surface area contributed by atoms with Crippen molar-refractivity contribution in [3.05, 3.63) is 107 Å². The molecule has 7 heteroatoms. The van der Waals surface area contributed by atoms with Crippen molar-refractivity contribution in [1.29, 1.82) is 0 Å². The van der Waals surface area contributed by atoms with Gasteiger partial charge in [0.25, 0.3) is 0 Å². The van der Waals surface area contributed by atoms with Crippen molar-refractivity contribution in [2.45, 2.75) is 25.4 Å². The van der Waals surface area contributed by atoms with Gasteiger partial charge in [-0.2, -0.15) is 13.2 Å². The van der Waals surface area contributed by atoms with Gasteiger partial charge in [-0.3, -0.25) is 9.59 Å². The van der Waals surface area contributed by atoms with E-state index in [0.717, 1.165) is 12.1 Å². The fraction of sp³-hybridized carbons (Fsp3) is 0.214. The van der Waals surface area contributed by atoms with E-state index in [9.17, 15) is 22.8 Å². The molecule has 1 aliphatic carbocycles. The maximum absolute atomic E-state index is 13.7. The van der Waals surface area contributed by atoms with Gasteiger partial charge in [0.1, 0.15) is 0 Å². The lowest BCUT2D eigenvalue weighted by atomic mass is 9.74. The van der Waals surface area contributed by atoms with E-state index in [2.05, 4.69) is 0 Å². The van der Waals surface area contributed by atoms with Crippen molar-refractivity contribution in [1.82, 2.24) is 0 Å². The van der Waals surface area contributed by atoms with Crippen LogP contribution in [0.15, 0.2) is 78.9 Å². The Balaban J connectivity index is 2.17. The fourth-order valence-electron chi connectivity index (χ4n) is 4.59. The summed E-state index contributed by atoms with van der Waals surface area (Å²) in [5, 5.41) is 0. The normalized spacial score (nSPS) is 14.4. The lowest BCUT2D eigenvalue weighted by Crippen LogP contribution is -2.46. The van der Waals surface area contributed by atoms with Crippen LogP contribution in [0.4, 0.5) is 13.2 Å². The second-order valence-corrected chi connectivity index (χ2v) is 7.93. The van der Waals surface area contributed by atoms with E-state index >= 15 is 0 Å². The molecule has 0 atom stereocenters. The maximum atomic E-state index is 13.7. The maximum Gasteiger partial charge on any atom is 0.416 e. The number of alkyl halides is 3. The molecule has 4 nitrogen and oxygen atoms in total. The molecule has 0 bridgehead atoms. The van der Waals surface area contributed by atoms with Crippen LogP contribution in [-0.4, -0.2) is 25.2 Å².